The highest BCUT2D eigenvalue weighted by Gasteiger charge is 2.42. The first-order valence-corrected chi connectivity index (χ1v) is 6.29. The molecule has 2 unspecified atom stereocenters. The van der Waals surface area contributed by atoms with Gasteiger partial charge in [-0.1, -0.05) is 24.9 Å². The highest BCUT2D eigenvalue weighted by atomic mass is 35.5. The molecule has 1 aliphatic rings. The largest absolute Gasteiger partial charge is 0.429 e. The fraction of sp³-hybridized carbons (Fsp3) is 0.600. The van der Waals surface area contributed by atoms with Crippen molar-refractivity contribution in [1.82, 2.24) is 4.31 Å². The highest BCUT2D eigenvalue weighted by molar-refractivity contribution is 8.00. The summed E-state index contributed by atoms with van der Waals surface area (Å²) in [5.41, 5.74) is -1.60. The number of carbonyl (C=O) groups is 2. The van der Waals surface area contributed by atoms with E-state index in [9.17, 15) is 9.59 Å². The van der Waals surface area contributed by atoms with E-state index in [1.807, 2.05) is 6.92 Å². The first kappa shape index (κ1) is 13.4. The van der Waals surface area contributed by atoms with E-state index < -0.39 is 17.2 Å². The van der Waals surface area contributed by atoms with Gasteiger partial charge in [-0.15, -0.1) is 0 Å². The summed E-state index contributed by atoms with van der Waals surface area (Å²) in [6.07, 6.45) is 3.27. The zero-order chi connectivity index (χ0) is 12.2. The van der Waals surface area contributed by atoms with Crippen LogP contribution in [0, 0.1) is 0 Å². The molecule has 4 nitrogen and oxygen atoms in total. The smallest absolute Gasteiger partial charge is 0.422 e. The van der Waals surface area contributed by atoms with Gasteiger partial charge in [0.05, 0.1) is 0 Å². The molecule has 0 aromatic carbocycles. The van der Waals surface area contributed by atoms with E-state index in [1.54, 1.807) is 18.4 Å². The normalized spacial score (nSPS) is 25.6. The molecule has 1 aliphatic heterocycles. The Bertz CT molecular complexity index is 308. The van der Waals surface area contributed by atoms with E-state index in [2.05, 4.69) is 0 Å². The first-order valence-electron chi connectivity index (χ1n) is 5.01. The minimum atomic E-state index is -0.887. The number of halogens is 1. The lowest BCUT2D eigenvalue weighted by Gasteiger charge is -2.30. The lowest BCUT2D eigenvalue weighted by molar-refractivity contribution is -0.113. The van der Waals surface area contributed by atoms with Crippen LogP contribution in [-0.2, 0) is 9.53 Å². The van der Waals surface area contributed by atoms with E-state index in [1.165, 1.54) is 4.31 Å². The van der Waals surface area contributed by atoms with E-state index in [-0.39, 0.29) is 0 Å². The molecule has 0 aliphatic carbocycles. The fourth-order valence-electron chi connectivity index (χ4n) is 1.51. The molecule has 0 spiro atoms. The van der Waals surface area contributed by atoms with Gasteiger partial charge in [0.15, 0.2) is 11.8 Å². The van der Waals surface area contributed by atoms with Gasteiger partial charge in [0.1, 0.15) is 5.54 Å². The Labute approximate surface area is 104 Å². The summed E-state index contributed by atoms with van der Waals surface area (Å²) in [6.45, 7) is 3.51. The number of aldehydes is 1. The molecule has 0 fully saturated rings. The molecular weight excluding hydrogens is 250 g/mol. The van der Waals surface area contributed by atoms with Crippen molar-refractivity contribution in [2.45, 2.75) is 37.8 Å². The molecule has 1 rings (SSSR count). The number of hydrogen-bond acceptors (Lipinski definition) is 4. The minimum absolute atomic E-state index is 0.575. The van der Waals surface area contributed by atoms with E-state index >= 15 is 0 Å². The average Bonchev–Trinajstić information content (AvgIpc) is 2.62. The molecule has 16 heavy (non-hydrogen) atoms. The van der Waals surface area contributed by atoms with Gasteiger partial charge in [-0.25, -0.2) is 9.10 Å². The molecule has 0 aromatic rings. The zero-order valence-corrected chi connectivity index (χ0v) is 10.8. The molecule has 90 valence electrons. The number of rotatable bonds is 4. The van der Waals surface area contributed by atoms with Crippen LogP contribution in [0.4, 0.5) is 4.79 Å². The Kier molecular flexibility index (Phi) is 4.68. The molecule has 0 bridgehead atoms. The summed E-state index contributed by atoms with van der Waals surface area (Å²) in [5.74, 6) is 0. The summed E-state index contributed by atoms with van der Waals surface area (Å²) >= 11 is 6.73. The van der Waals surface area contributed by atoms with Gasteiger partial charge in [-0.2, -0.15) is 0 Å². The lowest BCUT2D eigenvalue weighted by atomic mass is 9.96. The van der Waals surface area contributed by atoms with E-state index in [4.69, 9.17) is 16.3 Å². The van der Waals surface area contributed by atoms with Crippen molar-refractivity contribution in [3.8, 4) is 0 Å². The molecule has 0 saturated carbocycles. The molecule has 1 heterocycles. The monoisotopic (exact) mass is 263 g/mol. The van der Waals surface area contributed by atoms with Gasteiger partial charge >= 0.3 is 6.09 Å². The average molecular weight is 264 g/mol. The quantitative estimate of drug-likeness (QED) is 0.444. The van der Waals surface area contributed by atoms with Crippen LogP contribution < -0.4 is 0 Å². The zero-order valence-electron chi connectivity index (χ0n) is 9.18. The van der Waals surface area contributed by atoms with Crippen LogP contribution in [-0.4, -0.2) is 27.8 Å². The Hall–Kier alpha value is -0.680. The standard InChI is InChI=1S/C10H14ClNO3S/c1-3-4-10(7-13)5-6-16-12(10)9(14)15-8(2)11/h5-8H,3-4H2,1-2H3. The molecular formula is C10H14ClNO3S. The van der Waals surface area contributed by atoms with Crippen LogP contribution in [0.1, 0.15) is 26.7 Å². The van der Waals surface area contributed by atoms with Gasteiger partial charge in [0, 0.05) is 0 Å². The Balaban J connectivity index is 2.80. The van der Waals surface area contributed by atoms with Crippen molar-refractivity contribution in [2.75, 3.05) is 0 Å². The van der Waals surface area contributed by atoms with Crippen molar-refractivity contribution in [2.24, 2.45) is 0 Å². The second-order valence-electron chi connectivity index (χ2n) is 3.49. The number of hydrogen-bond donors (Lipinski definition) is 0. The molecule has 1 amide bonds. The number of alkyl halides is 1. The predicted octanol–water partition coefficient (Wildman–Crippen LogP) is 2.92. The van der Waals surface area contributed by atoms with Crippen LogP contribution in [0.2, 0.25) is 0 Å². The maximum absolute atomic E-state index is 11.7. The predicted molar refractivity (Wildman–Crippen MR) is 64.1 cm³/mol. The summed E-state index contributed by atoms with van der Waals surface area (Å²) < 4.78 is 6.19. The van der Waals surface area contributed by atoms with Gasteiger partial charge in [0.2, 0.25) is 0 Å². The first-order chi connectivity index (χ1) is 7.55. The van der Waals surface area contributed by atoms with Gasteiger partial charge in [-0.3, -0.25) is 0 Å². The molecule has 2 atom stereocenters. The number of ether oxygens (including phenoxy) is 1. The van der Waals surface area contributed by atoms with Crippen molar-refractivity contribution in [3.05, 3.63) is 11.5 Å². The second-order valence-corrected chi connectivity index (χ2v) is 4.95. The van der Waals surface area contributed by atoms with E-state index in [0.29, 0.717) is 6.42 Å². The van der Waals surface area contributed by atoms with Crippen molar-refractivity contribution < 1.29 is 14.3 Å². The van der Waals surface area contributed by atoms with Crippen molar-refractivity contribution >= 4 is 35.9 Å². The summed E-state index contributed by atoms with van der Waals surface area (Å²) in [6, 6.07) is 0. The maximum Gasteiger partial charge on any atom is 0.422 e. The third kappa shape index (κ3) is 2.71. The second kappa shape index (κ2) is 5.59. The van der Waals surface area contributed by atoms with Crippen molar-refractivity contribution in [3.63, 3.8) is 0 Å². The van der Waals surface area contributed by atoms with Crippen LogP contribution in [0.5, 0.6) is 0 Å². The SMILES string of the molecule is CCCC1(C=O)C=CSN1C(=O)OC(C)Cl. The molecule has 0 radical (unpaired) electrons. The van der Waals surface area contributed by atoms with Crippen molar-refractivity contribution in [1.29, 1.82) is 0 Å². The summed E-state index contributed by atoms with van der Waals surface area (Å²) in [7, 11) is 0. The highest BCUT2D eigenvalue weighted by Crippen LogP contribution is 2.36. The topological polar surface area (TPSA) is 46.6 Å². The summed E-state index contributed by atoms with van der Waals surface area (Å²) in [4.78, 5) is 22.9. The Morgan fingerprint density at radius 1 is 1.75 bits per heavy atom. The van der Waals surface area contributed by atoms with Crippen LogP contribution >= 0.6 is 23.5 Å². The molecule has 0 N–H and O–H groups in total. The fourth-order valence-corrected chi connectivity index (χ4v) is 2.52. The third-order valence-corrected chi connectivity index (χ3v) is 3.23. The molecule has 0 aromatic heterocycles. The third-order valence-electron chi connectivity index (χ3n) is 2.18. The minimum Gasteiger partial charge on any atom is -0.429 e. The van der Waals surface area contributed by atoms with Gasteiger partial charge in [-0.05, 0) is 36.8 Å². The van der Waals surface area contributed by atoms with E-state index in [0.717, 1.165) is 24.7 Å². The van der Waals surface area contributed by atoms with Crippen LogP contribution in [0.15, 0.2) is 11.5 Å². The maximum atomic E-state index is 11.7. The molecule has 6 heteroatoms. The number of nitrogens with zero attached hydrogens (tertiary/aromatic N) is 1. The van der Waals surface area contributed by atoms with Crippen LogP contribution in [0.25, 0.3) is 0 Å². The Morgan fingerprint density at radius 3 is 2.94 bits per heavy atom. The Morgan fingerprint density at radius 2 is 2.44 bits per heavy atom. The van der Waals surface area contributed by atoms with Gasteiger partial charge < -0.3 is 9.53 Å². The van der Waals surface area contributed by atoms with Crippen LogP contribution in [0.3, 0.4) is 0 Å². The molecule has 0 saturated heterocycles. The lowest BCUT2D eigenvalue weighted by Crippen LogP contribution is -2.46. The van der Waals surface area contributed by atoms with Gasteiger partial charge in [0.25, 0.3) is 0 Å². The number of carbonyl (C=O) groups excluding carboxylic acids is 2. The number of amides is 1. The summed E-state index contributed by atoms with van der Waals surface area (Å²) in [5, 5.41) is 1.71.